The highest BCUT2D eigenvalue weighted by Crippen LogP contribution is 2.31. The zero-order chi connectivity index (χ0) is 20.1. The maximum atomic E-state index is 12.6. The van der Waals surface area contributed by atoms with Gasteiger partial charge in [-0.1, -0.05) is 42.4 Å². The number of hydrogen-bond acceptors (Lipinski definition) is 5. The first-order chi connectivity index (χ1) is 13.5. The largest absolute Gasteiger partial charge is 0.494 e. The van der Waals surface area contributed by atoms with Gasteiger partial charge in [-0.3, -0.25) is 15.0 Å². The van der Waals surface area contributed by atoms with Crippen molar-refractivity contribution in [3.05, 3.63) is 69.6 Å². The van der Waals surface area contributed by atoms with Gasteiger partial charge in [0.25, 0.3) is 11.8 Å². The van der Waals surface area contributed by atoms with E-state index in [1.807, 2.05) is 31.2 Å². The van der Waals surface area contributed by atoms with Crippen molar-refractivity contribution in [2.45, 2.75) is 13.3 Å². The van der Waals surface area contributed by atoms with E-state index in [9.17, 15) is 9.59 Å². The van der Waals surface area contributed by atoms with Gasteiger partial charge >= 0.3 is 0 Å². The summed E-state index contributed by atoms with van der Waals surface area (Å²) in [4.78, 5) is 25.4. The van der Waals surface area contributed by atoms with Gasteiger partial charge in [-0.05, 0) is 66.7 Å². The summed E-state index contributed by atoms with van der Waals surface area (Å²) in [7, 11) is 0. The van der Waals surface area contributed by atoms with Crippen LogP contribution in [0.2, 0.25) is 5.02 Å². The van der Waals surface area contributed by atoms with E-state index in [-0.39, 0.29) is 10.2 Å². The maximum Gasteiger partial charge on any atom is 0.285 e. The van der Waals surface area contributed by atoms with Crippen molar-refractivity contribution < 1.29 is 14.3 Å². The van der Waals surface area contributed by atoms with E-state index < -0.39 is 5.91 Å². The van der Waals surface area contributed by atoms with E-state index in [2.05, 4.69) is 5.43 Å². The Kier molecular flexibility index (Phi) is 6.72. The first-order valence-corrected chi connectivity index (χ1v) is 10.2. The number of hydrogen-bond donors (Lipinski definition) is 1. The van der Waals surface area contributed by atoms with Gasteiger partial charge in [-0.25, -0.2) is 0 Å². The zero-order valence-corrected chi connectivity index (χ0v) is 17.4. The predicted octanol–water partition coefficient (Wildman–Crippen LogP) is 4.68. The van der Waals surface area contributed by atoms with Gasteiger partial charge in [-0.2, -0.15) is 5.01 Å². The van der Waals surface area contributed by atoms with Crippen LogP contribution >= 0.6 is 35.6 Å². The Hall–Kier alpha value is -2.35. The number of carbonyl (C=O) groups excluding carboxylic acids is 2. The van der Waals surface area contributed by atoms with Crippen LogP contribution in [0.1, 0.15) is 29.3 Å². The standard InChI is InChI=1S/C20H17ClN2O3S2/c1-2-11-26-16-9-3-13(4-10-16)12-17-19(25)23(20(27)28-17)22-18(24)14-5-7-15(21)8-6-14/h3-10,12H,2,11H2,1H3,(H,22,24)/b17-12-. The number of nitrogens with one attached hydrogen (secondary N) is 1. The predicted molar refractivity (Wildman–Crippen MR) is 116 cm³/mol. The molecule has 0 aliphatic carbocycles. The molecule has 0 unspecified atom stereocenters. The fraction of sp³-hybridized carbons (Fsp3) is 0.150. The molecule has 0 radical (unpaired) electrons. The van der Waals surface area contributed by atoms with Crippen LogP contribution in [-0.4, -0.2) is 27.8 Å². The molecule has 3 rings (SSSR count). The fourth-order valence-electron chi connectivity index (χ4n) is 2.36. The average Bonchev–Trinajstić information content (AvgIpc) is 2.95. The van der Waals surface area contributed by atoms with Crippen LogP contribution in [0.4, 0.5) is 0 Å². The van der Waals surface area contributed by atoms with Crippen LogP contribution in [0, 0.1) is 0 Å². The summed E-state index contributed by atoms with van der Waals surface area (Å²) in [5.41, 5.74) is 3.76. The molecular weight excluding hydrogens is 416 g/mol. The molecule has 1 saturated heterocycles. The Bertz CT molecular complexity index is 927. The van der Waals surface area contributed by atoms with Gasteiger partial charge < -0.3 is 4.74 Å². The molecule has 0 atom stereocenters. The SMILES string of the molecule is CCCOc1ccc(/C=C2\SC(=S)N(NC(=O)c3ccc(Cl)cc3)C2=O)cc1. The van der Waals surface area contributed by atoms with Gasteiger partial charge in [0.2, 0.25) is 0 Å². The summed E-state index contributed by atoms with van der Waals surface area (Å²) in [6, 6.07) is 13.8. The molecule has 1 fully saturated rings. The third kappa shape index (κ3) is 4.92. The lowest BCUT2D eigenvalue weighted by Crippen LogP contribution is -2.44. The molecule has 2 aromatic rings. The molecule has 28 heavy (non-hydrogen) atoms. The van der Waals surface area contributed by atoms with E-state index in [4.69, 9.17) is 28.6 Å². The van der Waals surface area contributed by atoms with Crippen LogP contribution in [0.25, 0.3) is 6.08 Å². The molecule has 1 heterocycles. The van der Waals surface area contributed by atoms with Gasteiger partial charge in [0, 0.05) is 10.6 Å². The zero-order valence-electron chi connectivity index (χ0n) is 15.0. The van der Waals surface area contributed by atoms with E-state index in [0.717, 1.165) is 34.5 Å². The van der Waals surface area contributed by atoms with Crippen molar-refractivity contribution in [3.8, 4) is 5.75 Å². The lowest BCUT2D eigenvalue weighted by molar-refractivity contribution is -0.123. The normalized spacial score (nSPS) is 15.2. The summed E-state index contributed by atoms with van der Waals surface area (Å²) in [6.07, 6.45) is 2.67. The number of carbonyl (C=O) groups is 2. The highest BCUT2D eigenvalue weighted by Gasteiger charge is 2.33. The third-order valence-corrected chi connectivity index (χ3v) is 5.32. The topological polar surface area (TPSA) is 58.6 Å². The Balaban J connectivity index is 1.69. The number of nitrogens with zero attached hydrogens (tertiary/aromatic N) is 1. The third-order valence-electron chi connectivity index (χ3n) is 3.76. The number of ether oxygens (including phenoxy) is 1. The minimum atomic E-state index is -0.438. The molecule has 1 aliphatic rings. The van der Waals surface area contributed by atoms with Crippen molar-refractivity contribution >= 4 is 57.8 Å². The molecular formula is C20H17ClN2O3S2. The number of benzene rings is 2. The Labute approximate surface area is 177 Å². The van der Waals surface area contributed by atoms with Gasteiger partial charge in [-0.15, -0.1) is 0 Å². The van der Waals surface area contributed by atoms with Crippen molar-refractivity contribution in [1.82, 2.24) is 10.4 Å². The van der Waals surface area contributed by atoms with Crippen LogP contribution < -0.4 is 10.2 Å². The number of thioether (sulfide) groups is 1. The summed E-state index contributed by atoms with van der Waals surface area (Å²) in [5, 5.41) is 1.61. The van der Waals surface area contributed by atoms with E-state index >= 15 is 0 Å². The van der Waals surface area contributed by atoms with E-state index in [1.54, 1.807) is 30.3 Å². The number of halogens is 1. The molecule has 1 N–H and O–H groups in total. The second kappa shape index (κ2) is 9.23. The lowest BCUT2D eigenvalue weighted by Gasteiger charge is -2.15. The van der Waals surface area contributed by atoms with Gasteiger partial charge in [0.05, 0.1) is 11.5 Å². The second-order valence-electron chi connectivity index (χ2n) is 5.88. The van der Waals surface area contributed by atoms with E-state index in [0.29, 0.717) is 22.1 Å². The molecule has 0 spiro atoms. The number of hydrazine groups is 1. The molecule has 0 bridgehead atoms. The molecule has 1 aliphatic heterocycles. The number of thiocarbonyl (C=S) groups is 1. The number of amides is 2. The van der Waals surface area contributed by atoms with Crippen LogP contribution in [0.15, 0.2) is 53.4 Å². The van der Waals surface area contributed by atoms with Crippen LogP contribution in [-0.2, 0) is 4.79 Å². The first kappa shape index (κ1) is 20.4. The smallest absolute Gasteiger partial charge is 0.285 e. The monoisotopic (exact) mass is 432 g/mol. The second-order valence-corrected chi connectivity index (χ2v) is 7.99. The summed E-state index contributed by atoms with van der Waals surface area (Å²) in [5.74, 6) is -0.0305. The van der Waals surface area contributed by atoms with Gasteiger partial charge in [0.15, 0.2) is 4.32 Å². The summed E-state index contributed by atoms with van der Waals surface area (Å²) < 4.78 is 5.82. The number of rotatable bonds is 6. The van der Waals surface area contributed by atoms with Crippen molar-refractivity contribution in [2.75, 3.05) is 6.61 Å². The summed E-state index contributed by atoms with van der Waals surface area (Å²) >= 11 is 12.2. The maximum absolute atomic E-state index is 12.6. The highest BCUT2D eigenvalue weighted by atomic mass is 35.5. The molecule has 2 amide bonds. The Morgan fingerprint density at radius 1 is 1.21 bits per heavy atom. The van der Waals surface area contributed by atoms with E-state index in [1.165, 1.54) is 0 Å². The lowest BCUT2D eigenvalue weighted by atomic mass is 10.2. The molecule has 0 saturated carbocycles. The molecule has 5 nitrogen and oxygen atoms in total. The quantitative estimate of drug-likeness (QED) is 0.530. The molecule has 8 heteroatoms. The first-order valence-electron chi connectivity index (χ1n) is 8.55. The molecule has 144 valence electrons. The molecule has 2 aromatic carbocycles. The van der Waals surface area contributed by atoms with Gasteiger partial charge in [0.1, 0.15) is 5.75 Å². The minimum absolute atomic E-state index is 0.265. The van der Waals surface area contributed by atoms with Crippen LogP contribution in [0.5, 0.6) is 5.75 Å². The molecule has 0 aromatic heterocycles. The van der Waals surface area contributed by atoms with Crippen LogP contribution in [0.3, 0.4) is 0 Å². The Morgan fingerprint density at radius 2 is 1.89 bits per heavy atom. The summed E-state index contributed by atoms with van der Waals surface area (Å²) in [6.45, 7) is 2.70. The average molecular weight is 433 g/mol. The minimum Gasteiger partial charge on any atom is -0.494 e. The Morgan fingerprint density at radius 3 is 2.54 bits per heavy atom. The highest BCUT2D eigenvalue weighted by molar-refractivity contribution is 8.26. The van der Waals surface area contributed by atoms with Crippen molar-refractivity contribution in [3.63, 3.8) is 0 Å². The van der Waals surface area contributed by atoms with Crippen molar-refractivity contribution in [2.24, 2.45) is 0 Å². The van der Waals surface area contributed by atoms with Crippen molar-refractivity contribution in [1.29, 1.82) is 0 Å². The fourth-order valence-corrected chi connectivity index (χ4v) is 3.67.